The van der Waals surface area contributed by atoms with Gasteiger partial charge in [-0.05, 0) is 90.0 Å². The van der Waals surface area contributed by atoms with Crippen LogP contribution in [0.4, 0.5) is 0 Å². The van der Waals surface area contributed by atoms with Gasteiger partial charge >= 0.3 is 0 Å². The Morgan fingerprint density at radius 2 is 1.30 bits per heavy atom. The standard InChI is InChI=1S/C21H46N2/c1-10-23(16-11-13-20(4,5)6)17-12-14-21(7,8)15-18-22(9)19(2)3/h19H,10-18H2,1-9H3. The Morgan fingerprint density at radius 1 is 0.783 bits per heavy atom. The van der Waals surface area contributed by atoms with E-state index in [2.05, 4.69) is 72.2 Å². The van der Waals surface area contributed by atoms with Crippen molar-refractivity contribution in [2.24, 2.45) is 10.8 Å². The average Bonchev–Trinajstić information content (AvgIpc) is 2.41. The second kappa shape index (κ2) is 10.7. The minimum atomic E-state index is 0.466. The molecule has 0 radical (unpaired) electrons. The van der Waals surface area contributed by atoms with Gasteiger partial charge in [0.05, 0.1) is 0 Å². The number of rotatable bonds is 12. The van der Waals surface area contributed by atoms with Crippen LogP contribution in [0.15, 0.2) is 0 Å². The van der Waals surface area contributed by atoms with Crippen molar-refractivity contribution in [2.75, 3.05) is 33.2 Å². The van der Waals surface area contributed by atoms with E-state index >= 15 is 0 Å². The molecule has 0 heterocycles. The first-order chi connectivity index (χ1) is 10.5. The molecule has 23 heavy (non-hydrogen) atoms. The summed E-state index contributed by atoms with van der Waals surface area (Å²) in [7, 11) is 2.24. The molecule has 0 saturated carbocycles. The minimum Gasteiger partial charge on any atom is -0.304 e. The van der Waals surface area contributed by atoms with Gasteiger partial charge in [-0.3, -0.25) is 0 Å². The van der Waals surface area contributed by atoms with Crippen LogP contribution in [0.1, 0.15) is 87.5 Å². The van der Waals surface area contributed by atoms with Gasteiger partial charge in [0.1, 0.15) is 0 Å². The fourth-order valence-corrected chi connectivity index (χ4v) is 2.90. The predicted molar refractivity (Wildman–Crippen MR) is 106 cm³/mol. The summed E-state index contributed by atoms with van der Waals surface area (Å²) >= 11 is 0. The maximum atomic E-state index is 2.64. The Hall–Kier alpha value is -0.0800. The first-order valence-corrected chi connectivity index (χ1v) is 9.89. The van der Waals surface area contributed by atoms with E-state index in [1.807, 2.05) is 0 Å². The molecule has 0 aliphatic heterocycles. The van der Waals surface area contributed by atoms with Crippen molar-refractivity contribution in [3.63, 3.8) is 0 Å². The van der Waals surface area contributed by atoms with Crippen molar-refractivity contribution >= 4 is 0 Å². The van der Waals surface area contributed by atoms with Gasteiger partial charge in [0, 0.05) is 6.04 Å². The molecule has 140 valence electrons. The molecule has 0 bridgehead atoms. The van der Waals surface area contributed by atoms with Crippen LogP contribution < -0.4 is 0 Å². The van der Waals surface area contributed by atoms with E-state index in [4.69, 9.17) is 0 Å². The SMILES string of the molecule is CCN(CCCC(C)(C)C)CCCC(C)(C)CCN(C)C(C)C. The zero-order valence-corrected chi connectivity index (χ0v) is 17.8. The van der Waals surface area contributed by atoms with Crippen molar-refractivity contribution in [2.45, 2.75) is 93.5 Å². The second-order valence-electron chi connectivity index (χ2n) is 9.69. The lowest BCUT2D eigenvalue weighted by molar-refractivity contribution is 0.193. The summed E-state index contributed by atoms with van der Waals surface area (Å²) in [6.07, 6.45) is 6.64. The summed E-state index contributed by atoms with van der Waals surface area (Å²) in [6.45, 7) is 23.7. The lowest BCUT2D eigenvalue weighted by Crippen LogP contribution is -2.31. The molecule has 0 N–H and O–H groups in total. The van der Waals surface area contributed by atoms with E-state index in [1.54, 1.807) is 0 Å². The van der Waals surface area contributed by atoms with Crippen molar-refractivity contribution in [3.05, 3.63) is 0 Å². The summed E-state index contributed by atoms with van der Waals surface area (Å²) in [6, 6.07) is 0.657. The smallest absolute Gasteiger partial charge is 0.00355 e. The molecule has 0 amide bonds. The highest BCUT2D eigenvalue weighted by molar-refractivity contribution is 4.73. The van der Waals surface area contributed by atoms with Crippen LogP contribution in [0.5, 0.6) is 0 Å². The fourth-order valence-electron chi connectivity index (χ4n) is 2.90. The molecule has 0 spiro atoms. The molecule has 0 aromatic heterocycles. The Labute approximate surface area is 148 Å². The van der Waals surface area contributed by atoms with E-state index < -0.39 is 0 Å². The fraction of sp³-hybridized carbons (Fsp3) is 1.00. The summed E-state index contributed by atoms with van der Waals surface area (Å²) in [5, 5.41) is 0. The van der Waals surface area contributed by atoms with Crippen LogP contribution in [0.25, 0.3) is 0 Å². The van der Waals surface area contributed by atoms with Crippen molar-refractivity contribution in [1.82, 2.24) is 9.80 Å². The molecule has 0 atom stereocenters. The Kier molecular flexibility index (Phi) is 10.7. The molecule has 0 rings (SSSR count). The molecule has 0 unspecified atom stereocenters. The predicted octanol–water partition coefficient (Wildman–Crippen LogP) is 5.67. The zero-order chi connectivity index (χ0) is 18.1. The third-order valence-corrected chi connectivity index (χ3v) is 5.20. The molecule has 2 nitrogen and oxygen atoms in total. The number of hydrogen-bond acceptors (Lipinski definition) is 2. The Morgan fingerprint density at radius 3 is 1.74 bits per heavy atom. The van der Waals surface area contributed by atoms with Gasteiger partial charge in [-0.15, -0.1) is 0 Å². The molecule has 0 fully saturated rings. The van der Waals surface area contributed by atoms with Crippen LogP contribution in [-0.4, -0.2) is 49.1 Å². The molecular weight excluding hydrogens is 280 g/mol. The van der Waals surface area contributed by atoms with Crippen molar-refractivity contribution in [1.29, 1.82) is 0 Å². The van der Waals surface area contributed by atoms with Gasteiger partial charge in [-0.25, -0.2) is 0 Å². The zero-order valence-electron chi connectivity index (χ0n) is 17.8. The normalized spacial score (nSPS) is 13.6. The lowest BCUT2D eigenvalue weighted by Gasteiger charge is -2.30. The number of hydrogen-bond donors (Lipinski definition) is 0. The van der Waals surface area contributed by atoms with E-state index in [0.717, 1.165) is 0 Å². The quantitative estimate of drug-likeness (QED) is 0.456. The maximum absolute atomic E-state index is 2.64. The van der Waals surface area contributed by atoms with Crippen LogP contribution in [0, 0.1) is 10.8 Å². The van der Waals surface area contributed by atoms with Gasteiger partial charge in [-0.1, -0.05) is 41.5 Å². The summed E-state index contributed by atoms with van der Waals surface area (Å²) < 4.78 is 0. The highest BCUT2D eigenvalue weighted by Crippen LogP contribution is 2.27. The molecule has 0 aromatic rings. The largest absolute Gasteiger partial charge is 0.304 e. The maximum Gasteiger partial charge on any atom is 0.00355 e. The van der Waals surface area contributed by atoms with Crippen LogP contribution >= 0.6 is 0 Å². The Bertz CT molecular complexity index is 289. The van der Waals surface area contributed by atoms with Gasteiger partial charge in [0.2, 0.25) is 0 Å². The summed E-state index contributed by atoms with van der Waals surface area (Å²) in [5.41, 5.74) is 0.942. The summed E-state index contributed by atoms with van der Waals surface area (Å²) in [4.78, 5) is 5.11. The van der Waals surface area contributed by atoms with Gasteiger partial charge in [0.25, 0.3) is 0 Å². The average molecular weight is 327 g/mol. The molecule has 0 aliphatic carbocycles. The van der Waals surface area contributed by atoms with E-state index in [-0.39, 0.29) is 0 Å². The third-order valence-electron chi connectivity index (χ3n) is 5.20. The molecule has 0 aliphatic rings. The minimum absolute atomic E-state index is 0.466. The highest BCUT2D eigenvalue weighted by atomic mass is 15.1. The Balaban J connectivity index is 3.99. The third kappa shape index (κ3) is 12.9. The number of nitrogens with zero attached hydrogens (tertiary/aromatic N) is 2. The second-order valence-corrected chi connectivity index (χ2v) is 9.69. The molecule has 0 saturated heterocycles. The van der Waals surface area contributed by atoms with E-state index in [9.17, 15) is 0 Å². The first-order valence-electron chi connectivity index (χ1n) is 9.89. The lowest BCUT2D eigenvalue weighted by atomic mass is 9.84. The summed E-state index contributed by atoms with van der Waals surface area (Å²) in [5.74, 6) is 0. The van der Waals surface area contributed by atoms with E-state index in [0.29, 0.717) is 16.9 Å². The van der Waals surface area contributed by atoms with Crippen molar-refractivity contribution < 1.29 is 0 Å². The molecule has 2 heteroatoms. The van der Waals surface area contributed by atoms with Crippen molar-refractivity contribution in [3.8, 4) is 0 Å². The van der Waals surface area contributed by atoms with Gasteiger partial charge < -0.3 is 9.80 Å². The van der Waals surface area contributed by atoms with Crippen LogP contribution in [0.2, 0.25) is 0 Å². The van der Waals surface area contributed by atoms with Gasteiger partial charge in [-0.2, -0.15) is 0 Å². The van der Waals surface area contributed by atoms with E-state index in [1.165, 1.54) is 58.3 Å². The first kappa shape index (κ1) is 22.9. The van der Waals surface area contributed by atoms with Crippen LogP contribution in [-0.2, 0) is 0 Å². The van der Waals surface area contributed by atoms with Crippen LogP contribution in [0.3, 0.4) is 0 Å². The monoisotopic (exact) mass is 326 g/mol. The molecular formula is C21H46N2. The van der Waals surface area contributed by atoms with Gasteiger partial charge in [0.15, 0.2) is 0 Å². The molecule has 0 aromatic carbocycles. The topological polar surface area (TPSA) is 6.48 Å². The highest BCUT2D eigenvalue weighted by Gasteiger charge is 2.19.